The molecule has 142 valence electrons. The average molecular weight is 374 g/mol. The van der Waals surface area contributed by atoms with Crippen LogP contribution in [-0.2, 0) is 9.53 Å². The van der Waals surface area contributed by atoms with E-state index in [0.717, 1.165) is 19.2 Å². The Bertz CT molecular complexity index is 826. The summed E-state index contributed by atoms with van der Waals surface area (Å²) in [6.45, 7) is 2.99. The van der Waals surface area contributed by atoms with Crippen LogP contribution in [0.25, 0.3) is 0 Å². The van der Waals surface area contributed by atoms with Crippen molar-refractivity contribution < 1.29 is 23.7 Å². The van der Waals surface area contributed by atoms with E-state index in [-0.39, 0.29) is 11.7 Å². The largest absolute Gasteiger partial charge is 0.433 e. The van der Waals surface area contributed by atoms with E-state index in [1.54, 1.807) is 24.3 Å². The molecule has 1 saturated heterocycles. The summed E-state index contributed by atoms with van der Waals surface area (Å²) in [4.78, 5) is 36.0. The van der Waals surface area contributed by atoms with E-state index in [9.17, 15) is 19.7 Å². The van der Waals surface area contributed by atoms with Crippen LogP contribution in [0.15, 0.2) is 40.8 Å². The second-order valence-electron chi connectivity index (χ2n) is 5.86. The lowest BCUT2D eigenvalue weighted by Gasteiger charge is -2.25. The van der Waals surface area contributed by atoms with E-state index in [0.29, 0.717) is 31.1 Å². The highest BCUT2D eigenvalue weighted by atomic mass is 16.6. The summed E-state index contributed by atoms with van der Waals surface area (Å²) in [6, 6.07) is 8.86. The molecule has 1 aliphatic rings. The molecule has 10 nitrogen and oxygen atoms in total. The molecule has 0 unspecified atom stereocenters. The van der Waals surface area contributed by atoms with Crippen molar-refractivity contribution in [2.45, 2.75) is 0 Å². The lowest BCUT2D eigenvalue weighted by Crippen LogP contribution is -2.41. The fourth-order valence-electron chi connectivity index (χ4n) is 2.54. The number of ether oxygens (including phenoxy) is 1. The Labute approximate surface area is 154 Å². The number of hydrogen-bond acceptors (Lipinski definition) is 7. The highest BCUT2D eigenvalue weighted by Gasteiger charge is 2.17. The van der Waals surface area contributed by atoms with Gasteiger partial charge < -0.3 is 19.8 Å². The van der Waals surface area contributed by atoms with Crippen LogP contribution < -0.4 is 10.6 Å². The van der Waals surface area contributed by atoms with Gasteiger partial charge in [0.05, 0.1) is 25.8 Å². The van der Waals surface area contributed by atoms with Crippen molar-refractivity contribution in [3.8, 4) is 0 Å². The Kier molecular flexibility index (Phi) is 5.79. The first-order valence-corrected chi connectivity index (χ1v) is 8.27. The Balaban J connectivity index is 1.52. The van der Waals surface area contributed by atoms with Gasteiger partial charge in [-0.3, -0.25) is 24.6 Å². The standard InChI is InChI=1S/C17H18N4O6/c22-15(11-20-7-9-26-10-8-20)18-12-1-3-13(4-2-12)19-17(23)14-5-6-16(27-14)21(24)25/h1-6H,7-11H2,(H,18,22)(H,19,23). The van der Waals surface area contributed by atoms with Crippen molar-refractivity contribution >= 4 is 29.1 Å². The maximum atomic E-state index is 12.1. The molecule has 1 aliphatic heterocycles. The number of carbonyl (C=O) groups excluding carboxylic acids is 2. The van der Waals surface area contributed by atoms with E-state index in [1.165, 1.54) is 6.07 Å². The molecule has 0 saturated carbocycles. The number of furan rings is 1. The van der Waals surface area contributed by atoms with Crippen LogP contribution in [-0.4, -0.2) is 54.5 Å². The zero-order valence-electron chi connectivity index (χ0n) is 14.3. The third-order valence-electron chi connectivity index (χ3n) is 3.89. The molecule has 1 aromatic carbocycles. The highest BCUT2D eigenvalue weighted by molar-refractivity contribution is 6.02. The molecule has 1 fully saturated rings. The number of nitro groups is 1. The van der Waals surface area contributed by atoms with E-state index in [2.05, 4.69) is 10.6 Å². The average Bonchev–Trinajstić information content (AvgIpc) is 3.15. The molecule has 27 heavy (non-hydrogen) atoms. The van der Waals surface area contributed by atoms with Crippen LogP contribution in [0, 0.1) is 10.1 Å². The van der Waals surface area contributed by atoms with Gasteiger partial charge in [-0.15, -0.1) is 0 Å². The third kappa shape index (κ3) is 5.12. The molecule has 2 heterocycles. The molecule has 0 spiro atoms. The second kappa shape index (κ2) is 8.43. The van der Waals surface area contributed by atoms with Crippen molar-refractivity contribution in [1.82, 2.24) is 4.90 Å². The molecule has 10 heteroatoms. The maximum Gasteiger partial charge on any atom is 0.433 e. The third-order valence-corrected chi connectivity index (χ3v) is 3.89. The number of amides is 2. The molecular weight excluding hydrogens is 356 g/mol. The second-order valence-corrected chi connectivity index (χ2v) is 5.86. The number of nitrogens with zero attached hydrogens (tertiary/aromatic N) is 2. The van der Waals surface area contributed by atoms with Gasteiger partial charge in [0.15, 0.2) is 5.76 Å². The van der Waals surface area contributed by atoms with Crippen LogP contribution in [0.3, 0.4) is 0 Å². The van der Waals surface area contributed by atoms with Crippen molar-refractivity contribution in [1.29, 1.82) is 0 Å². The van der Waals surface area contributed by atoms with E-state index in [1.807, 2.05) is 4.90 Å². The predicted molar refractivity (Wildman–Crippen MR) is 95.6 cm³/mol. The fourth-order valence-corrected chi connectivity index (χ4v) is 2.54. The van der Waals surface area contributed by atoms with Gasteiger partial charge >= 0.3 is 5.88 Å². The van der Waals surface area contributed by atoms with Gasteiger partial charge in [-0.1, -0.05) is 0 Å². The number of carbonyl (C=O) groups is 2. The predicted octanol–water partition coefficient (Wildman–Crippen LogP) is 1.71. The summed E-state index contributed by atoms with van der Waals surface area (Å²) in [5.41, 5.74) is 1.06. The summed E-state index contributed by atoms with van der Waals surface area (Å²) in [5, 5.41) is 15.9. The molecule has 0 bridgehead atoms. The Hall–Kier alpha value is -3.24. The summed E-state index contributed by atoms with van der Waals surface area (Å²) < 4.78 is 10.1. The molecule has 2 amide bonds. The highest BCUT2D eigenvalue weighted by Crippen LogP contribution is 2.18. The summed E-state index contributed by atoms with van der Waals surface area (Å²) >= 11 is 0. The quantitative estimate of drug-likeness (QED) is 0.582. The zero-order chi connectivity index (χ0) is 19.2. The van der Waals surface area contributed by atoms with Gasteiger partial charge in [-0.2, -0.15) is 0 Å². The summed E-state index contributed by atoms with van der Waals surface area (Å²) in [7, 11) is 0. The SMILES string of the molecule is O=C(CN1CCOCC1)Nc1ccc(NC(=O)c2ccc([N+](=O)[O-])o2)cc1. The van der Waals surface area contributed by atoms with Crippen LogP contribution >= 0.6 is 0 Å². The van der Waals surface area contributed by atoms with Crippen LogP contribution in [0.5, 0.6) is 0 Å². The molecule has 0 atom stereocenters. The number of nitrogens with one attached hydrogen (secondary N) is 2. The Morgan fingerprint density at radius 3 is 2.26 bits per heavy atom. The fraction of sp³-hybridized carbons (Fsp3) is 0.294. The minimum absolute atomic E-state index is 0.128. The smallest absolute Gasteiger partial charge is 0.395 e. The van der Waals surface area contributed by atoms with Gasteiger partial charge in [0.25, 0.3) is 5.91 Å². The van der Waals surface area contributed by atoms with Crippen LogP contribution in [0.2, 0.25) is 0 Å². The van der Waals surface area contributed by atoms with Crippen LogP contribution in [0.1, 0.15) is 10.6 Å². The van der Waals surface area contributed by atoms with E-state index in [4.69, 9.17) is 9.15 Å². The van der Waals surface area contributed by atoms with Gasteiger partial charge in [-0.05, 0) is 30.3 Å². The minimum Gasteiger partial charge on any atom is -0.395 e. The topological polar surface area (TPSA) is 127 Å². The molecule has 0 aliphatic carbocycles. The molecular formula is C17H18N4O6. The van der Waals surface area contributed by atoms with Crippen molar-refractivity contribution in [3.63, 3.8) is 0 Å². The first kappa shape index (κ1) is 18.5. The first-order chi connectivity index (χ1) is 13.0. The molecule has 3 rings (SSSR count). The molecule has 2 aromatic rings. The first-order valence-electron chi connectivity index (χ1n) is 8.27. The molecule has 0 radical (unpaired) electrons. The van der Waals surface area contributed by atoms with E-state index >= 15 is 0 Å². The van der Waals surface area contributed by atoms with Crippen molar-refractivity contribution in [2.24, 2.45) is 0 Å². The number of morpholine rings is 1. The van der Waals surface area contributed by atoms with Gasteiger partial charge in [0, 0.05) is 24.5 Å². The van der Waals surface area contributed by atoms with Gasteiger partial charge in [-0.25, -0.2) is 0 Å². The lowest BCUT2D eigenvalue weighted by molar-refractivity contribution is -0.402. The van der Waals surface area contributed by atoms with Gasteiger partial charge in [0.2, 0.25) is 5.91 Å². The lowest BCUT2D eigenvalue weighted by atomic mass is 10.2. The van der Waals surface area contributed by atoms with E-state index < -0.39 is 16.7 Å². The van der Waals surface area contributed by atoms with Gasteiger partial charge in [0.1, 0.15) is 4.92 Å². The molecule has 2 N–H and O–H groups in total. The number of rotatable bonds is 6. The summed E-state index contributed by atoms with van der Waals surface area (Å²) in [5.74, 6) is -1.40. The monoisotopic (exact) mass is 374 g/mol. The summed E-state index contributed by atoms with van der Waals surface area (Å²) in [6.07, 6.45) is 0. The number of anilines is 2. The number of benzene rings is 1. The maximum absolute atomic E-state index is 12.1. The minimum atomic E-state index is -0.717. The zero-order valence-corrected chi connectivity index (χ0v) is 14.3. The normalized spacial score (nSPS) is 14.5. The number of hydrogen-bond donors (Lipinski definition) is 2. The van der Waals surface area contributed by atoms with Crippen molar-refractivity contribution in [2.75, 3.05) is 43.5 Å². The Morgan fingerprint density at radius 1 is 1.04 bits per heavy atom. The van der Waals surface area contributed by atoms with Crippen LogP contribution in [0.4, 0.5) is 17.3 Å². The van der Waals surface area contributed by atoms with Crippen molar-refractivity contribution in [3.05, 3.63) is 52.3 Å². The molecule has 1 aromatic heterocycles. The Morgan fingerprint density at radius 2 is 1.67 bits per heavy atom.